The van der Waals surface area contributed by atoms with Crippen LogP contribution >= 0.6 is 0 Å². The number of amides is 1. The summed E-state index contributed by atoms with van der Waals surface area (Å²) in [7, 11) is 0. The van der Waals surface area contributed by atoms with Crippen LogP contribution < -0.4 is 9.64 Å². The van der Waals surface area contributed by atoms with Crippen LogP contribution in [-0.4, -0.2) is 11.0 Å². The van der Waals surface area contributed by atoms with Crippen molar-refractivity contribution in [3.8, 4) is 5.75 Å². The summed E-state index contributed by atoms with van der Waals surface area (Å²) in [6, 6.07) is 28.9. The number of benzene rings is 4. The van der Waals surface area contributed by atoms with Crippen molar-refractivity contribution in [3.63, 3.8) is 0 Å². The van der Waals surface area contributed by atoms with Crippen LogP contribution in [-0.2, 0) is 11.4 Å². The number of ether oxygens (including phenoxy) is 1. The largest absolute Gasteiger partial charge is 0.489 e. The molecule has 1 N–H and O–H groups in total. The maximum Gasteiger partial charge on any atom is 0.233 e. The lowest BCUT2D eigenvalue weighted by Gasteiger charge is -2.48. The molecule has 3 atom stereocenters. The molecule has 1 saturated heterocycles. The molecule has 0 radical (unpaired) electrons. The molecular formula is C31H27F2NO3. The number of halogens is 2. The van der Waals surface area contributed by atoms with Gasteiger partial charge in [-0.25, -0.2) is 8.78 Å². The number of anilines is 1. The van der Waals surface area contributed by atoms with Crippen molar-refractivity contribution in [1.82, 2.24) is 0 Å². The van der Waals surface area contributed by atoms with E-state index in [2.05, 4.69) is 0 Å². The highest BCUT2D eigenvalue weighted by atomic mass is 19.1. The van der Waals surface area contributed by atoms with Gasteiger partial charge in [0.25, 0.3) is 0 Å². The molecule has 5 rings (SSSR count). The van der Waals surface area contributed by atoms with Crippen molar-refractivity contribution < 1.29 is 23.4 Å². The Kier molecular flexibility index (Phi) is 7.28. The molecule has 0 spiro atoms. The third kappa shape index (κ3) is 5.54. The minimum Gasteiger partial charge on any atom is -0.489 e. The van der Waals surface area contributed by atoms with Crippen molar-refractivity contribution in [1.29, 1.82) is 0 Å². The molecule has 188 valence electrons. The Bertz CT molecular complexity index is 1330. The number of β-lactam (4-membered cyclic amide) rings is 1. The van der Waals surface area contributed by atoms with E-state index in [1.54, 1.807) is 29.2 Å². The number of carbonyl (C=O) groups excluding carboxylic acids is 1. The number of nitrogens with zero attached hydrogens (tertiary/aromatic N) is 1. The van der Waals surface area contributed by atoms with Gasteiger partial charge in [-0.1, -0.05) is 54.6 Å². The lowest BCUT2D eigenvalue weighted by Crippen LogP contribution is -2.55. The standard InChI is InChI=1S/C31H27F2NO3/c32-24-10-6-22(7-11-24)29(35)19-18-28-30(34(31(28)36)26-14-12-25(33)13-15-26)23-8-16-27(17-9-23)37-20-21-4-2-1-3-5-21/h1-17,28-30,35H,18-20H2/t28-,29?,30+/m1/s1. The van der Waals surface area contributed by atoms with E-state index in [1.807, 2.05) is 54.6 Å². The van der Waals surface area contributed by atoms with Crippen LogP contribution in [0.15, 0.2) is 103 Å². The Balaban J connectivity index is 1.32. The molecule has 0 aromatic heterocycles. The van der Waals surface area contributed by atoms with E-state index in [1.165, 1.54) is 24.3 Å². The zero-order chi connectivity index (χ0) is 25.8. The number of rotatable bonds is 9. The second kappa shape index (κ2) is 10.9. The third-order valence-corrected chi connectivity index (χ3v) is 6.79. The van der Waals surface area contributed by atoms with Gasteiger partial charge in [-0.2, -0.15) is 0 Å². The lowest BCUT2D eigenvalue weighted by molar-refractivity contribution is -0.131. The second-order valence-corrected chi connectivity index (χ2v) is 9.22. The fraction of sp³-hybridized carbons (Fsp3) is 0.194. The number of hydrogen-bond acceptors (Lipinski definition) is 3. The molecule has 1 unspecified atom stereocenters. The first-order chi connectivity index (χ1) is 18.0. The average Bonchev–Trinajstić information content (AvgIpc) is 2.93. The minimum absolute atomic E-state index is 0.0766. The van der Waals surface area contributed by atoms with Crippen LogP contribution in [0.1, 0.15) is 41.7 Å². The molecule has 4 nitrogen and oxygen atoms in total. The fourth-order valence-corrected chi connectivity index (χ4v) is 4.79. The number of aliphatic hydroxyl groups is 1. The highest BCUT2D eigenvalue weighted by Gasteiger charge is 2.48. The highest BCUT2D eigenvalue weighted by Crippen LogP contribution is 2.46. The first kappa shape index (κ1) is 24.7. The van der Waals surface area contributed by atoms with Gasteiger partial charge in [0, 0.05) is 5.69 Å². The van der Waals surface area contributed by atoms with Crippen molar-refractivity contribution in [2.75, 3.05) is 4.90 Å². The molecule has 0 aliphatic carbocycles. The van der Waals surface area contributed by atoms with Crippen molar-refractivity contribution >= 4 is 11.6 Å². The van der Waals surface area contributed by atoms with Crippen molar-refractivity contribution in [2.45, 2.75) is 31.6 Å². The molecular weight excluding hydrogens is 472 g/mol. The lowest BCUT2D eigenvalue weighted by atomic mass is 9.78. The van der Waals surface area contributed by atoms with Crippen LogP contribution in [0.5, 0.6) is 5.75 Å². The first-order valence-electron chi connectivity index (χ1n) is 12.3. The molecule has 1 heterocycles. The molecule has 6 heteroatoms. The molecule has 4 aromatic carbocycles. The summed E-state index contributed by atoms with van der Waals surface area (Å²) in [6.45, 7) is 0.452. The van der Waals surface area contributed by atoms with E-state index in [9.17, 15) is 18.7 Å². The summed E-state index contributed by atoms with van der Waals surface area (Å²) < 4.78 is 32.7. The Morgan fingerprint density at radius 3 is 2.08 bits per heavy atom. The minimum atomic E-state index is -0.803. The topological polar surface area (TPSA) is 49.8 Å². The summed E-state index contributed by atoms with van der Waals surface area (Å²) >= 11 is 0. The zero-order valence-electron chi connectivity index (χ0n) is 20.1. The molecule has 1 aliphatic rings. The number of carbonyl (C=O) groups is 1. The zero-order valence-corrected chi connectivity index (χ0v) is 20.1. The summed E-state index contributed by atoms with van der Waals surface area (Å²) in [4.78, 5) is 14.9. The molecule has 1 fully saturated rings. The van der Waals surface area contributed by atoms with Crippen LogP contribution in [0.4, 0.5) is 14.5 Å². The predicted octanol–water partition coefficient (Wildman–Crippen LogP) is 6.76. The Hall–Kier alpha value is -4.03. The van der Waals surface area contributed by atoms with E-state index in [0.29, 0.717) is 30.7 Å². The average molecular weight is 500 g/mol. The van der Waals surface area contributed by atoms with Gasteiger partial charge in [0.2, 0.25) is 5.91 Å². The van der Waals surface area contributed by atoms with Gasteiger partial charge in [-0.05, 0) is 78.1 Å². The smallest absolute Gasteiger partial charge is 0.233 e. The molecule has 37 heavy (non-hydrogen) atoms. The van der Waals surface area contributed by atoms with E-state index < -0.39 is 6.10 Å². The monoisotopic (exact) mass is 499 g/mol. The molecule has 1 amide bonds. The molecule has 4 aromatic rings. The van der Waals surface area contributed by atoms with Gasteiger partial charge < -0.3 is 14.7 Å². The molecule has 1 aliphatic heterocycles. The first-order valence-corrected chi connectivity index (χ1v) is 12.3. The van der Waals surface area contributed by atoms with Crippen molar-refractivity contribution in [3.05, 3.63) is 131 Å². The predicted molar refractivity (Wildman–Crippen MR) is 138 cm³/mol. The van der Waals surface area contributed by atoms with Gasteiger partial charge in [-0.3, -0.25) is 4.79 Å². The van der Waals surface area contributed by atoms with Crippen LogP contribution in [0.2, 0.25) is 0 Å². The maximum absolute atomic E-state index is 13.5. The van der Waals surface area contributed by atoms with Crippen LogP contribution in [0.3, 0.4) is 0 Å². The van der Waals surface area contributed by atoms with Gasteiger partial charge >= 0.3 is 0 Å². The Morgan fingerprint density at radius 2 is 1.43 bits per heavy atom. The van der Waals surface area contributed by atoms with Gasteiger partial charge in [0.1, 0.15) is 24.0 Å². The SMILES string of the molecule is O=C1[C@H](CCC(O)c2ccc(F)cc2)[C@H](c2ccc(OCc3ccccc3)cc2)N1c1ccc(F)cc1. The number of hydrogen-bond donors (Lipinski definition) is 1. The quantitative estimate of drug-likeness (QED) is 0.259. The van der Waals surface area contributed by atoms with Crippen molar-refractivity contribution in [2.24, 2.45) is 5.92 Å². The fourth-order valence-electron chi connectivity index (χ4n) is 4.79. The van der Waals surface area contributed by atoms with Gasteiger partial charge in [0.15, 0.2) is 0 Å². The Morgan fingerprint density at radius 1 is 0.811 bits per heavy atom. The van der Waals surface area contributed by atoms with E-state index in [-0.39, 0.29) is 29.5 Å². The van der Waals surface area contributed by atoms with E-state index in [4.69, 9.17) is 4.74 Å². The Labute approximate surface area is 214 Å². The third-order valence-electron chi connectivity index (χ3n) is 6.79. The van der Waals surface area contributed by atoms with E-state index >= 15 is 0 Å². The highest BCUT2D eigenvalue weighted by molar-refractivity contribution is 6.03. The van der Waals surface area contributed by atoms with Gasteiger partial charge in [0.05, 0.1) is 18.1 Å². The van der Waals surface area contributed by atoms with Crippen LogP contribution in [0, 0.1) is 17.6 Å². The summed E-state index contributed by atoms with van der Waals surface area (Å²) in [6.07, 6.45) is 0.00255. The summed E-state index contributed by atoms with van der Waals surface area (Å²) in [5.41, 5.74) is 3.23. The summed E-state index contributed by atoms with van der Waals surface area (Å²) in [5, 5.41) is 10.6. The van der Waals surface area contributed by atoms with E-state index in [0.717, 1.165) is 16.9 Å². The number of aliphatic hydroxyl groups excluding tert-OH is 1. The van der Waals surface area contributed by atoms with Gasteiger partial charge in [-0.15, -0.1) is 0 Å². The normalized spacial score (nSPS) is 17.8. The second-order valence-electron chi connectivity index (χ2n) is 9.22. The maximum atomic E-state index is 13.5. The van der Waals surface area contributed by atoms with Crippen LogP contribution in [0.25, 0.3) is 0 Å². The molecule has 0 saturated carbocycles. The summed E-state index contributed by atoms with van der Waals surface area (Å²) in [5.74, 6) is -0.443. The molecule has 0 bridgehead atoms.